The number of aryl methyl sites for hydroxylation is 2. The lowest BCUT2D eigenvalue weighted by Crippen LogP contribution is -2.14. The Morgan fingerprint density at radius 2 is 1.56 bits per heavy atom. The fourth-order valence-corrected chi connectivity index (χ4v) is 4.10. The molecule has 0 spiro atoms. The van der Waals surface area contributed by atoms with Gasteiger partial charge in [-0.15, -0.1) is 0 Å². The van der Waals surface area contributed by atoms with E-state index in [1.165, 1.54) is 17.3 Å². The van der Waals surface area contributed by atoms with E-state index < -0.39 is 0 Å². The molecule has 0 fully saturated rings. The van der Waals surface area contributed by atoms with E-state index in [9.17, 15) is 4.79 Å². The number of carbonyl (C=O) groups is 1. The Hall–Kier alpha value is -3.51. The van der Waals surface area contributed by atoms with Crippen molar-refractivity contribution in [2.24, 2.45) is 0 Å². The molecule has 0 radical (unpaired) electrons. The van der Waals surface area contributed by atoms with Crippen molar-refractivity contribution < 1.29 is 9.53 Å². The van der Waals surface area contributed by atoms with E-state index in [0.29, 0.717) is 0 Å². The number of aromatic nitrogens is 2. The summed E-state index contributed by atoms with van der Waals surface area (Å²) in [6.45, 7) is 4.08. The summed E-state index contributed by atoms with van der Waals surface area (Å²) >= 11 is 1.41. The molecule has 1 heterocycles. The predicted molar refractivity (Wildman–Crippen MR) is 131 cm³/mol. The van der Waals surface area contributed by atoms with Gasteiger partial charge in [-0.05, 0) is 62.4 Å². The Balaban J connectivity index is 1.59. The predicted octanol–water partition coefficient (Wildman–Crippen LogP) is 5.90. The van der Waals surface area contributed by atoms with Gasteiger partial charge in [0.15, 0.2) is 5.16 Å². The summed E-state index contributed by atoms with van der Waals surface area (Å²) in [5.41, 5.74) is 6.12. The van der Waals surface area contributed by atoms with Gasteiger partial charge in [-0.25, -0.2) is 4.98 Å². The molecule has 0 saturated carbocycles. The van der Waals surface area contributed by atoms with E-state index in [1.54, 1.807) is 7.11 Å². The Bertz CT molecular complexity index is 1200. The number of rotatable bonds is 7. The quantitative estimate of drug-likeness (QED) is 0.362. The second kappa shape index (κ2) is 9.75. The van der Waals surface area contributed by atoms with E-state index in [2.05, 4.69) is 46.1 Å². The molecule has 0 bridgehead atoms. The van der Waals surface area contributed by atoms with Gasteiger partial charge in [0.2, 0.25) is 5.91 Å². The first-order valence-electron chi connectivity index (χ1n) is 10.3. The Labute approximate surface area is 192 Å². The highest BCUT2D eigenvalue weighted by molar-refractivity contribution is 7.99. The molecule has 32 heavy (non-hydrogen) atoms. The lowest BCUT2D eigenvalue weighted by atomic mass is 10.1. The molecule has 0 aliphatic carbocycles. The van der Waals surface area contributed by atoms with Gasteiger partial charge in [0.05, 0.1) is 24.8 Å². The second-order valence-corrected chi connectivity index (χ2v) is 8.47. The van der Waals surface area contributed by atoms with E-state index in [4.69, 9.17) is 4.74 Å². The van der Waals surface area contributed by atoms with Crippen LogP contribution in [0.5, 0.6) is 5.75 Å². The van der Waals surface area contributed by atoms with Crippen LogP contribution in [0.1, 0.15) is 11.1 Å². The SMILES string of the molecule is COc1ccc(-c2cnc(SCC(=O)Nc3ccc(C)cc3)n2-c2ccc(C)cc2)cc1. The van der Waals surface area contributed by atoms with Gasteiger partial charge in [0.1, 0.15) is 5.75 Å². The average molecular weight is 444 g/mol. The van der Waals surface area contributed by atoms with Crippen LogP contribution >= 0.6 is 11.8 Å². The van der Waals surface area contributed by atoms with Crippen molar-refractivity contribution in [2.75, 3.05) is 18.2 Å². The van der Waals surface area contributed by atoms with Gasteiger partial charge in [0.25, 0.3) is 0 Å². The number of thioether (sulfide) groups is 1. The van der Waals surface area contributed by atoms with Gasteiger partial charge < -0.3 is 10.1 Å². The summed E-state index contributed by atoms with van der Waals surface area (Å²) in [5, 5.41) is 3.71. The average Bonchev–Trinajstić information content (AvgIpc) is 3.24. The summed E-state index contributed by atoms with van der Waals surface area (Å²) in [5.74, 6) is 1.000. The van der Waals surface area contributed by atoms with Gasteiger partial charge in [-0.2, -0.15) is 0 Å². The zero-order valence-electron chi connectivity index (χ0n) is 18.3. The van der Waals surface area contributed by atoms with Crippen LogP contribution in [0.4, 0.5) is 5.69 Å². The number of nitrogens with one attached hydrogen (secondary N) is 1. The minimum atomic E-state index is -0.0664. The third kappa shape index (κ3) is 5.03. The number of imidazole rings is 1. The van der Waals surface area contributed by atoms with Crippen LogP contribution in [-0.2, 0) is 4.79 Å². The van der Waals surface area contributed by atoms with Gasteiger partial charge in [-0.3, -0.25) is 9.36 Å². The fraction of sp³-hybridized carbons (Fsp3) is 0.154. The smallest absolute Gasteiger partial charge is 0.234 e. The molecule has 1 amide bonds. The zero-order chi connectivity index (χ0) is 22.5. The van der Waals surface area contributed by atoms with Crippen molar-refractivity contribution in [1.82, 2.24) is 9.55 Å². The summed E-state index contributed by atoms with van der Waals surface area (Å²) in [6.07, 6.45) is 1.85. The van der Waals surface area contributed by atoms with Crippen LogP contribution in [0, 0.1) is 13.8 Å². The van der Waals surface area contributed by atoms with Crippen LogP contribution < -0.4 is 10.1 Å². The lowest BCUT2D eigenvalue weighted by Gasteiger charge is -2.13. The van der Waals surface area contributed by atoms with Crippen LogP contribution in [-0.4, -0.2) is 28.3 Å². The molecule has 6 heteroatoms. The molecule has 162 valence electrons. The Morgan fingerprint density at radius 1 is 0.938 bits per heavy atom. The first kappa shape index (κ1) is 21.7. The summed E-state index contributed by atoms with van der Waals surface area (Å²) < 4.78 is 7.38. The Kier molecular flexibility index (Phi) is 6.61. The highest BCUT2D eigenvalue weighted by Crippen LogP contribution is 2.31. The largest absolute Gasteiger partial charge is 0.497 e. The standard InChI is InChI=1S/C26H25N3O2S/c1-18-4-10-21(11-5-18)28-25(30)17-32-26-27-16-24(20-8-14-23(31-3)15-9-20)29(26)22-12-6-19(2)7-13-22/h4-16H,17H2,1-3H3,(H,28,30). The normalized spacial score (nSPS) is 10.7. The van der Waals surface area contributed by atoms with Crippen molar-refractivity contribution in [3.8, 4) is 22.7 Å². The molecule has 1 N–H and O–H groups in total. The highest BCUT2D eigenvalue weighted by Gasteiger charge is 2.16. The van der Waals surface area contributed by atoms with Gasteiger partial charge >= 0.3 is 0 Å². The van der Waals surface area contributed by atoms with Crippen molar-refractivity contribution in [3.05, 3.63) is 90.1 Å². The van der Waals surface area contributed by atoms with Crippen LogP contribution in [0.25, 0.3) is 16.9 Å². The lowest BCUT2D eigenvalue weighted by molar-refractivity contribution is -0.113. The highest BCUT2D eigenvalue weighted by atomic mass is 32.2. The first-order chi connectivity index (χ1) is 15.5. The number of anilines is 1. The maximum Gasteiger partial charge on any atom is 0.234 e. The summed E-state index contributed by atoms with van der Waals surface area (Å²) in [7, 11) is 1.65. The molecule has 3 aromatic carbocycles. The van der Waals surface area contributed by atoms with Crippen LogP contribution in [0.3, 0.4) is 0 Å². The number of benzene rings is 3. The number of ether oxygens (including phenoxy) is 1. The van der Waals surface area contributed by atoms with Crippen molar-refractivity contribution in [1.29, 1.82) is 0 Å². The number of carbonyl (C=O) groups excluding carboxylic acids is 1. The summed E-state index contributed by atoms with van der Waals surface area (Å²) in [4.78, 5) is 17.2. The van der Waals surface area contributed by atoms with E-state index in [0.717, 1.165) is 39.1 Å². The number of amides is 1. The number of methoxy groups -OCH3 is 1. The maximum absolute atomic E-state index is 12.5. The molecule has 5 nitrogen and oxygen atoms in total. The van der Waals surface area contributed by atoms with Gasteiger partial charge in [-0.1, -0.05) is 47.2 Å². The second-order valence-electron chi connectivity index (χ2n) is 7.53. The minimum Gasteiger partial charge on any atom is -0.497 e. The topological polar surface area (TPSA) is 56.1 Å². The molecule has 4 aromatic rings. The molecule has 1 aromatic heterocycles. The zero-order valence-corrected chi connectivity index (χ0v) is 19.1. The molecule has 0 unspecified atom stereocenters. The molecule has 0 saturated heterocycles. The Morgan fingerprint density at radius 3 is 2.19 bits per heavy atom. The summed E-state index contributed by atoms with van der Waals surface area (Å²) in [6, 6.07) is 24.0. The molecule has 0 aliphatic rings. The van der Waals surface area contributed by atoms with E-state index in [1.807, 2.05) is 61.7 Å². The monoisotopic (exact) mass is 443 g/mol. The first-order valence-corrected chi connectivity index (χ1v) is 11.3. The van der Waals surface area contributed by atoms with Crippen molar-refractivity contribution in [2.45, 2.75) is 19.0 Å². The fourth-order valence-electron chi connectivity index (χ4n) is 3.31. The number of hydrogen-bond donors (Lipinski definition) is 1. The third-order valence-corrected chi connectivity index (χ3v) is 6.03. The number of nitrogens with zero attached hydrogens (tertiary/aromatic N) is 2. The molecule has 0 atom stereocenters. The number of hydrogen-bond acceptors (Lipinski definition) is 4. The molecular weight excluding hydrogens is 418 g/mol. The van der Waals surface area contributed by atoms with E-state index in [-0.39, 0.29) is 11.7 Å². The van der Waals surface area contributed by atoms with Crippen LogP contribution in [0.2, 0.25) is 0 Å². The minimum absolute atomic E-state index is 0.0664. The maximum atomic E-state index is 12.5. The molecular formula is C26H25N3O2S. The van der Waals surface area contributed by atoms with Gasteiger partial charge in [0, 0.05) is 16.9 Å². The van der Waals surface area contributed by atoms with Crippen molar-refractivity contribution in [3.63, 3.8) is 0 Å². The molecule has 0 aliphatic heterocycles. The van der Waals surface area contributed by atoms with Crippen molar-refractivity contribution >= 4 is 23.4 Å². The third-order valence-electron chi connectivity index (χ3n) is 5.08. The van der Waals surface area contributed by atoms with E-state index >= 15 is 0 Å². The van der Waals surface area contributed by atoms with Crippen LogP contribution in [0.15, 0.2) is 84.1 Å². The molecule has 4 rings (SSSR count).